The lowest BCUT2D eigenvalue weighted by atomic mass is 10.3. The Bertz CT molecular complexity index is 433. The van der Waals surface area contributed by atoms with Gasteiger partial charge >= 0.3 is 0 Å². The monoisotopic (exact) mass is 464 g/mol. The summed E-state index contributed by atoms with van der Waals surface area (Å²) in [6.45, 7) is 1.82. The van der Waals surface area contributed by atoms with Crippen LogP contribution in [0.2, 0.25) is 0 Å². The molecule has 0 heterocycles. The molecule has 0 radical (unpaired) electrons. The quantitative estimate of drug-likeness (QED) is 0.506. The molecule has 4 heteroatoms. The van der Waals surface area contributed by atoms with Crippen molar-refractivity contribution < 1.29 is 0 Å². The van der Waals surface area contributed by atoms with Gasteiger partial charge in [-0.15, -0.1) is 0 Å². The Hall–Kier alpha value is -0.500. The summed E-state index contributed by atoms with van der Waals surface area (Å²) in [6.07, 6.45) is 0. The van der Waals surface area contributed by atoms with Gasteiger partial charge in [-0.05, 0) is 93.7 Å². The van der Waals surface area contributed by atoms with Crippen LogP contribution in [-0.4, -0.2) is 13.1 Å². The Morgan fingerprint density at radius 3 is 1.28 bits per heavy atom. The Balaban J connectivity index is 1.73. The average Bonchev–Trinajstić information content (AvgIpc) is 2.39. The summed E-state index contributed by atoms with van der Waals surface area (Å²) in [6, 6.07) is 16.8. The zero-order chi connectivity index (χ0) is 12.8. The maximum Gasteiger partial charge on any atom is 0.0341 e. The number of halogens is 2. The van der Waals surface area contributed by atoms with Gasteiger partial charge in [0.15, 0.2) is 0 Å². The SMILES string of the molecule is Ic1ccc(NCCNc2ccc(I)cc2)cc1. The van der Waals surface area contributed by atoms with Crippen LogP contribution in [0.3, 0.4) is 0 Å². The summed E-state index contributed by atoms with van der Waals surface area (Å²) < 4.78 is 2.52. The first-order valence-electron chi connectivity index (χ1n) is 5.73. The molecule has 0 saturated carbocycles. The maximum atomic E-state index is 3.39. The van der Waals surface area contributed by atoms with Crippen molar-refractivity contribution >= 4 is 56.6 Å². The van der Waals surface area contributed by atoms with Gasteiger partial charge in [0.2, 0.25) is 0 Å². The molecule has 2 N–H and O–H groups in total. The van der Waals surface area contributed by atoms with Crippen LogP contribution in [-0.2, 0) is 0 Å². The van der Waals surface area contributed by atoms with Crippen molar-refractivity contribution in [1.29, 1.82) is 0 Å². The minimum atomic E-state index is 0.909. The number of nitrogens with one attached hydrogen (secondary N) is 2. The first kappa shape index (κ1) is 13.9. The number of anilines is 2. The lowest BCUT2D eigenvalue weighted by Crippen LogP contribution is -2.13. The molecule has 0 amide bonds. The van der Waals surface area contributed by atoms with Gasteiger partial charge < -0.3 is 10.6 Å². The molecule has 94 valence electrons. The van der Waals surface area contributed by atoms with Crippen LogP contribution in [0.4, 0.5) is 11.4 Å². The smallest absolute Gasteiger partial charge is 0.0341 e. The highest BCUT2D eigenvalue weighted by Gasteiger charge is 1.93. The van der Waals surface area contributed by atoms with Gasteiger partial charge in [-0.1, -0.05) is 0 Å². The third-order valence-corrected chi connectivity index (χ3v) is 3.91. The third-order valence-electron chi connectivity index (χ3n) is 2.47. The van der Waals surface area contributed by atoms with Gasteiger partial charge in [0.25, 0.3) is 0 Å². The van der Waals surface area contributed by atoms with Crippen LogP contribution < -0.4 is 10.6 Å². The largest absolute Gasteiger partial charge is 0.383 e. The average molecular weight is 464 g/mol. The molecule has 18 heavy (non-hydrogen) atoms. The summed E-state index contributed by atoms with van der Waals surface area (Å²) in [5.74, 6) is 0. The summed E-state index contributed by atoms with van der Waals surface area (Å²) in [5.41, 5.74) is 2.33. The second-order valence-corrected chi connectivity index (χ2v) is 6.36. The zero-order valence-corrected chi connectivity index (χ0v) is 14.1. The molecule has 2 rings (SSSR count). The number of hydrogen-bond donors (Lipinski definition) is 2. The van der Waals surface area contributed by atoms with E-state index in [2.05, 4.69) is 104 Å². The Morgan fingerprint density at radius 2 is 0.944 bits per heavy atom. The molecule has 0 aliphatic heterocycles. The Kier molecular flexibility index (Phi) is 5.55. The van der Waals surface area contributed by atoms with E-state index < -0.39 is 0 Å². The standard InChI is InChI=1S/C14H14I2N2/c15-11-1-5-13(6-2-11)17-9-10-18-14-7-3-12(16)4-8-14/h1-8,17-18H,9-10H2. The van der Waals surface area contributed by atoms with E-state index in [4.69, 9.17) is 0 Å². The van der Waals surface area contributed by atoms with Crippen LogP contribution in [0.1, 0.15) is 0 Å². The second-order valence-electron chi connectivity index (χ2n) is 3.87. The summed E-state index contributed by atoms with van der Waals surface area (Å²) >= 11 is 4.62. The molecular formula is C14H14I2N2. The molecule has 2 aromatic carbocycles. The molecule has 0 aliphatic carbocycles. The molecular weight excluding hydrogens is 450 g/mol. The molecule has 2 aromatic rings. The molecule has 2 nitrogen and oxygen atoms in total. The van der Waals surface area contributed by atoms with Gasteiger partial charge in [0, 0.05) is 31.6 Å². The highest BCUT2D eigenvalue weighted by molar-refractivity contribution is 14.1. The van der Waals surface area contributed by atoms with Crippen LogP contribution in [0.5, 0.6) is 0 Å². The van der Waals surface area contributed by atoms with E-state index in [0.29, 0.717) is 0 Å². The van der Waals surface area contributed by atoms with Crippen molar-refractivity contribution in [2.75, 3.05) is 23.7 Å². The third kappa shape index (κ3) is 4.64. The van der Waals surface area contributed by atoms with E-state index in [9.17, 15) is 0 Å². The Morgan fingerprint density at radius 1 is 0.611 bits per heavy atom. The molecule has 0 fully saturated rings. The fraction of sp³-hybridized carbons (Fsp3) is 0.143. The minimum Gasteiger partial charge on any atom is -0.383 e. The van der Waals surface area contributed by atoms with E-state index in [0.717, 1.165) is 13.1 Å². The first-order chi connectivity index (χ1) is 8.74. The predicted octanol–water partition coefficient (Wildman–Crippen LogP) is 4.42. The van der Waals surface area contributed by atoms with Crippen molar-refractivity contribution in [3.05, 3.63) is 55.7 Å². The first-order valence-corrected chi connectivity index (χ1v) is 7.89. The number of rotatable bonds is 5. The molecule has 0 unspecified atom stereocenters. The molecule has 0 aromatic heterocycles. The minimum absolute atomic E-state index is 0.909. The lowest BCUT2D eigenvalue weighted by molar-refractivity contribution is 1.08. The fourth-order valence-electron chi connectivity index (χ4n) is 1.55. The van der Waals surface area contributed by atoms with Crippen LogP contribution >= 0.6 is 45.2 Å². The maximum absolute atomic E-state index is 3.39. The molecule has 0 spiro atoms. The fourth-order valence-corrected chi connectivity index (χ4v) is 2.27. The van der Waals surface area contributed by atoms with Crippen molar-refractivity contribution in [3.8, 4) is 0 Å². The highest BCUT2D eigenvalue weighted by atomic mass is 127. The van der Waals surface area contributed by atoms with Crippen molar-refractivity contribution in [2.24, 2.45) is 0 Å². The second kappa shape index (κ2) is 7.18. The molecule has 0 aliphatic rings. The van der Waals surface area contributed by atoms with Crippen molar-refractivity contribution in [2.45, 2.75) is 0 Å². The van der Waals surface area contributed by atoms with Gasteiger partial charge in [0.05, 0.1) is 0 Å². The zero-order valence-electron chi connectivity index (χ0n) is 9.79. The Labute approximate surface area is 135 Å². The van der Waals surface area contributed by atoms with Gasteiger partial charge in [-0.3, -0.25) is 0 Å². The summed E-state index contributed by atoms with van der Waals surface area (Å²) in [5, 5.41) is 6.77. The normalized spacial score (nSPS) is 10.1. The van der Waals surface area contributed by atoms with Gasteiger partial charge in [0.1, 0.15) is 0 Å². The van der Waals surface area contributed by atoms with Crippen LogP contribution in [0.15, 0.2) is 48.5 Å². The lowest BCUT2D eigenvalue weighted by Gasteiger charge is -2.09. The van der Waals surface area contributed by atoms with E-state index in [1.807, 2.05) is 0 Å². The van der Waals surface area contributed by atoms with Crippen LogP contribution in [0.25, 0.3) is 0 Å². The summed E-state index contributed by atoms with van der Waals surface area (Å²) in [7, 11) is 0. The molecule has 0 bridgehead atoms. The topological polar surface area (TPSA) is 24.1 Å². The van der Waals surface area contributed by atoms with Crippen LogP contribution in [0, 0.1) is 7.14 Å². The number of benzene rings is 2. The molecule has 0 saturated heterocycles. The number of hydrogen-bond acceptors (Lipinski definition) is 2. The van der Waals surface area contributed by atoms with Gasteiger partial charge in [-0.2, -0.15) is 0 Å². The van der Waals surface area contributed by atoms with Crippen molar-refractivity contribution in [1.82, 2.24) is 0 Å². The van der Waals surface area contributed by atoms with Gasteiger partial charge in [-0.25, -0.2) is 0 Å². The molecule has 0 atom stereocenters. The summed E-state index contributed by atoms with van der Waals surface area (Å²) in [4.78, 5) is 0. The van der Waals surface area contributed by atoms with Crippen molar-refractivity contribution in [3.63, 3.8) is 0 Å². The predicted molar refractivity (Wildman–Crippen MR) is 95.3 cm³/mol. The highest BCUT2D eigenvalue weighted by Crippen LogP contribution is 2.12. The van der Waals surface area contributed by atoms with E-state index in [1.54, 1.807) is 0 Å². The van der Waals surface area contributed by atoms with E-state index >= 15 is 0 Å². The van der Waals surface area contributed by atoms with E-state index in [1.165, 1.54) is 18.5 Å². The van der Waals surface area contributed by atoms with E-state index in [-0.39, 0.29) is 0 Å².